The minimum absolute atomic E-state index is 0.101. The molecule has 0 spiro atoms. The number of hydrogen-bond acceptors (Lipinski definition) is 5. The first-order valence-electron chi connectivity index (χ1n) is 15.5. The van der Waals surface area contributed by atoms with Crippen molar-refractivity contribution >= 4 is 11.7 Å². The zero-order chi connectivity index (χ0) is 29.5. The van der Waals surface area contributed by atoms with E-state index in [2.05, 4.69) is 53.5 Å². The van der Waals surface area contributed by atoms with Gasteiger partial charge in [-0.25, -0.2) is 0 Å². The number of carbonyl (C=O) groups is 2. The highest BCUT2D eigenvalue weighted by Crippen LogP contribution is 2.56. The molecule has 2 saturated carbocycles. The Hall–Kier alpha value is -3.48. The summed E-state index contributed by atoms with van der Waals surface area (Å²) < 4.78 is 0. The van der Waals surface area contributed by atoms with Crippen LogP contribution in [0.3, 0.4) is 0 Å². The summed E-state index contributed by atoms with van der Waals surface area (Å²) in [5, 5.41) is 27.1. The summed E-state index contributed by atoms with van der Waals surface area (Å²) in [5.74, 6) is 0.346. The van der Waals surface area contributed by atoms with Crippen LogP contribution in [0.2, 0.25) is 0 Å². The maximum absolute atomic E-state index is 13.4. The van der Waals surface area contributed by atoms with E-state index in [1.165, 1.54) is 12.8 Å². The molecule has 6 heteroatoms. The molecule has 42 heavy (non-hydrogen) atoms. The van der Waals surface area contributed by atoms with Crippen molar-refractivity contribution in [2.75, 3.05) is 19.6 Å². The first-order chi connectivity index (χ1) is 20.2. The number of rotatable bonds is 8. The largest absolute Gasteiger partial charge is 0.507 e. The number of aromatic hydroxyl groups is 1. The van der Waals surface area contributed by atoms with Crippen LogP contribution in [0.1, 0.15) is 72.5 Å². The molecule has 3 N–H and O–H groups in total. The van der Waals surface area contributed by atoms with Gasteiger partial charge in [0.05, 0.1) is 11.2 Å². The van der Waals surface area contributed by atoms with Gasteiger partial charge in [-0.15, -0.1) is 0 Å². The minimum atomic E-state index is -1.17. The zero-order valence-corrected chi connectivity index (χ0v) is 24.7. The lowest BCUT2D eigenvalue weighted by molar-refractivity contribution is -0.165. The van der Waals surface area contributed by atoms with E-state index in [4.69, 9.17) is 0 Å². The van der Waals surface area contributed by atoms with Crippen LogP contribution in [-0.2, 0) is 16.6 Å². The molecule has 3 fully saturated rings. The number of nitrogens with zero attached hydrogens (tertiary/aromatic N) is 1. The third-order valence-electron chi connectivity index (χ3n) is 10.2. The Morgan fingerprint density at radius 3 is 2.43 bits per heavy atom. The Labute approximate surface area is 248 Å². The Bertz CT molecular complexity index is 1470. The molecule has 1 heterocycles. The molecule has 3 aromatic rings. The lowest BCUT2D eigenvalue weighted by Crippen LogP contribution is -2.70. The number of phenols is 1. The van der Waals surface area contributed by atoms with Crippen molar-refractivity contribution in [3.63, 3.8) is 0 Å². The summed E-state index contributed by atoms with van der Waals surface area (Å²) in [6.07, 6.45) is 4.60. The number of carbonyl (C=O) groups excluding carboxylic acids is 2. The summed E-state index contributed by atoms with van der Waals surface area (Å²) in [5.41, 5.74) is 2.90. The molecule has 0 bridgehead atoms. The quantitative estimate of drug-likeness (QED) is 0.332. The van der Waals surface area contributed by atoms with Gasteiger partial charge in [-0.05, 0) is 86.7 Å². The normalized spacial score (nSPS) is 26.1. The van der Waals surface area contributed by atoms with Crippen LogP contribution in [0.5, 0.6) is 5.75 Å². The van der Waals surface area contributed by atoms with Gasteiger partial charge < -0.3 is 15.5 Å². The van der Waals surface area contributed by atoms with Crippen LogP contribution in [0, 0.1) is 12.8 Å². The molecule has 0 unspecified atom stereocenters. The molecular formula is C36H42N2O4. The van der Waals surface area contributed by atoms with E-state index in [-0.39, 0.29) is 35.5 Å². The predicted molar refractivity (Wildman–Crippen MR) is 165 cm³/mol. The summed E-state index contributed by atoms with van der Waals surface area (Å²) in [6, 6.07) is 21.9. The monoisotopic (exact) mass is 566 g/mol. The number of aryl methyl sites for hydroxylation is 1. The van der Waals surface area contributed by atoms with Crippen molar-refractivity contribution in [1.29, 1.82) is 0 Å². The highest BCUT2D eigenvalue weighted by Gasteiger charge is 2.62. The SMILES string of the molecule is Cc1ccc(C(=O)NCCc2ccc(-c3ccccc3)cc2)c(O)c1[C@]12CCN(CC3CC3)[C@H](C)[C@]1(O)CCC(=O)C2. The smallest absolute Gasteiger partial charge is 0.255 e. The minimum Gasteiger partial charge on any atom is -0.507 e. The third-order valence-corrected chi connectivity index (χ3v) is 10.2. The fraction of sp³-hybridized carbons (Fsp3) is 0.444. The van der Waals surface area contributed by atoms with Crippen LogP contribution >= 0.6 is 0 Å². The van der Waals surface area contributed by atoms with Gasteiger partial charge >= 0.3 is 0 Å². The molecule has 3 aromatic carbocycles. The predicted octanol–water partition coefficient (Wildman–Crippen LogP) is 5.57. The fourth-order valence-electron chi connectivity index (χ4n) is 7.59. The van der Waals surface area contributed by atoms with E-state index in [9.17, 15) is 19.8 Å². The van der Waals surface area contributed by atoms with E-state index in [1.54, 1.807) is 6.07 Å². The third kappa shape index (κ3) is 5.16. The van der Waals surface area contributed by atoms with Gasteiger partial charge in [-0.2, -0.15) is 0 Å². The number of piperidine rings is 1. The number of fused-ring (bicyclic) bond motifs is 1. The summed E-state index contributed by atoms with van der Waals surface area (Å²) in [6.45, 7) is 6.13. The highest BCUT2D eigenvalue weighted by molar-refractivity contribution is 5.97. The molecule has 6 nitrogen and oxygen atoms in total. The molecule has 2 aliphatic carbocycles. The van der Waals surface area contributed by atoms with E-state index >= 15 is 0 Å². The second-order valence-corrected chi connectivity index (χ2v) is 12.8. The summed E-state index contributed by atoms with van der Waals surface area (Å²) >= 11 is 0. The van der Waals surface area contributed by atoms with Crippen LogP contribution in [-0.4, -0.2) is 58.1 Å². The Morgan fingerprint density at radius 1 is 1.00 bits per heavy atom. The molecule has 1 aliphatic heterocycles. The number of hydrogen-bond donors (Lipinski definition) is 3. The molecule has 0 radical (unpaired) electrons. The molecule has 3 aliphatic rings. The van der Waals surface area contributed by atoms with E-state index in [0.29, 0.717) is 43.7 Å². The van der Waals surface area contributed by atoms with Gasteiger partial charge in [-0.3, -0.25) is 14.5 Å². The van der Waals surface area contributed by atoms with Gasteiger partial charge in [0.25, 0.3) is 5.91 Å². The number of ketones is 1. The van der Waals surface area contributed by atoms with Gasteiger partial charge in [0.1, 0.15) is 11.5 Å². The van der Waals surface area contributed by atoms with Crippen LogP contribution < -0.4 is 5.32 Å². The van der Waals surface area contributed by atoms with Gasteiger partial charge in [0.2, 0.25) is 0 Å². The Morgan fingerprint density at radius 2 is 1.71 bits per heavy atom. The average molecular weight is 567 g/mol. The highest BCUT2D eigenvalue weighted by atomic mass is 16.3. The van der Waals surface area contributed by atoms with Gasteiger partial charge in [-0.1, -0.05) is 60.7 Å². The molecular weight excluding hydrogens is 524 g/mol. The van der Waals surface area contributed by atoms with Crippen molar-refractivity contribution in [3.8, 4) is 16.9 Å². The number of amides is 1. The first kappa shape index (κ1) is 28.6. The van der Waals surface area contributed by atoms with Gasteiger partial charge in [0, 0.05) is 43.0 Å². The van der Waals surface area contributed by atoms with E-state index in [0.717, 1.165) is 35.3 Å². The van der Waals surface area contributed by atoms with Crippen molar-refractivity contribution < 1.29 is 19.8 Å². The average Bonchev–Trinajstić information content (AvgIpc) is 3.81. The van der Waals surface area contributed by atoms with E-state index in [1.807, 2.05) is 31.2 Å². The maximum atomic E-state index is 13.4. The lowest BCUT2D eigenvalue weighted by Gasteiger charge is -2.60. The Kier molecular flexibility index (Phi) is 7.71. The van der Waals surface area contributed by atoms with Crippen molar-refractivity contribution in [2.45, 2.75) is 75.9 Å². The molecule has 1 amide bonds. The van der Waals surface area contributed by atoms with E-state index < -0.39 is 11.0 Å². The summed E-state index contributed by atoms with van der Waals surface area (Å²) in [7, 11) is 0. The van der Waals surface area contributed by atoms with Crippen LogP contribution in [0.15, 0.2) is 66.7 Å². The fourth-order valence-corrected chi connectivity index (χ4v) is 7.59. The molecule has 3 atom stereocenters. The number of Topliss-reactive ketones (excluding diaryl/α,β-unsaturated/α-hetero) is 1. The second kappa shape index (κ2) is 11.3. The number of likely N-dealkylation sites (tertiary alicyclic amines) is 1. The molecule has 1 saturated heterocycles. The lowest BCUT2D eigenvalue weighted by atomic mass is 9.52. The Balaban J connectivity index is 1.21. The number of aliphatic hydroxyl groups is 1. The number of phenolic OH excluding ortho intramolecular Hbond substituents is 1. The number of nitrogens with one attached hydrogen (secondary N) is 1. The second-order valence-electron chi connectivity index (χ2n) is 12.8. The van der Waals surface area contributed by atoms with Gasteiger partial charge in [0.15, 0.2) is 0 Å². The maximum Gasteiger partial charge on any atom is 0.255 e. The zero-order valence-electron chi connectivity index (χ0n) is 24.7. The number of benzene rings is 3. The molecule has 220 valence electrons. The van der Waals surface area contributed by atoms with Crippen molar-refractivity contribution in [2.24, 2.45) is 5.92 Å². The standard InChI is InChI=1S/C36H42N2O4/c1-24-8-15-31(34(41)37-20-17-26-11-13-29(14-12-26)28-6-4-3-5-7-28)33(40)32(24)35-19-21-38(23-27-9-10-27)25(2)36(35,42)18-16-30(39)22-35/h3-8,11-15,25,27,40,42H,9-10,16-23H2,1-2H3,(H,37,41)/t25-,35-,36-/m1/s1. The first-order valence-corrected chi connectivity index (χ1v) is 15.5. The van der Waals surface area contributed by atoms with Crippen LogP contribution in [0.25, 0.3) is 11.1 Å². The van der Waals surface area contributed by atoms with Crippen LogP contribution in [0.4, 0.5) is 0 Å². The molecule has 6 rings (SSSR count). The van der Waals surface area contributed by atoms with Crippen molar-refractivity contribution in [3.05, 3.63) is 89.0 Å². The van der Waals surface area contributed by atoms with Crippen molar-refractivity contribution in [1.82, 2.24) is 10.2 Å². The molecule has 0 aromatic heterocycles. The summed E-state index contributed by atoms with van der Waals surface area (Å²) in [4.78, 5) is 28.7. The topological polar surface area (TPSA) is 89.9 Å².